The zero-order chi connectivity index (χ0) is 21.4. The molecule has 0 bridgehead atoms. The molecule has 0 spiro atoms. The molecule has 158 valence electrons. The van der Waals surface area contributed by atoms with E-state index in [-0.39, 0.29) is 17.9 Å². The molecular weight excluding hydrogens is 412 g/mol. The third-order valence-corrected chi connectivity index (χ3v) is 6.47. The standard InChI is InChI=1S/C24H22N2O4S/c1-2-14-29-18-12-10-16(11-13-18)25-23(27)20-21(19-9-6-15-31-19)26(30-22(20)24(25)28)17-7-4-3-5-8-17/h3-13,15,20-22H,2,14H2,1H3/t20-,21-,22-/m0/s1. The zero-order valence-electron chi connectivity index (χ0n) is 17.0. The second-order valence-electron chi connectivity index (χ2n) is 7.53. The van der Waals surface area contributed by atoms with Gasteiger partial charge in [-0.15, -0.1) is 11.3 Å². The van der Waals surface area contributed by atoms with Gasteiger partial charge in [-0.3, -0.25) is 14.4 Å². The molecule has 2 aliphatic heterocycles. The number of imide groups is 1. The van der Waals surface area contributed by atoms with E-state index >= 15 is 0 Å². The van der Waals surface area contributed by atoms with E-state index in [1.807, 2.05) is 54.8 Å². The van der Waals surface area contributed by atoms with Crippen LogP contribution in [-0.2, 0) is 14.4 Å². The fourth-order valence-corrected chi connectivity index (χ4v) is 4.98. The first-order valence-corrected chi connectivity index (χ1v) is 11.2. The van der Waals surface area contributed by atoms with Crippen molar-refractivity contribution in [2.75, 3.05) is 16.6 Å². The maximum absolute atomic E-state index is 13.5. The molecule has 0 unspecified atom stereocenters. The van der Waals surface area contributed by atoms with Gasteiger partial charge in [0, 0.05) is 4.88 Å². The Morgan fingerprint density at radius 3 is 2.39 bits per heavy atom. The molecule has 0 aliphatic carbocycles. The van der Waals surface area contributed by atoms with E-state index < -0.39 is 12.0 Å². The average molecular weight is 435 g/mol. The Morgan fingerprint density at radius 1 is 0.935 bits per heavy atom. The van der Waals surface area contributed by atoms with Crippen molar-refractivity contribution in [3.05, 3.63) is 77.0 Å². The first-order valence-electron chi connectivity index (χ1n) is 10.3. The number of hydroxylamine groups is 1. The second-order valence-corrected chi connectivity index (χ2v) is 8.51. The van der Waals surface area contributed by atoms with E-state index in [2.05, 4.69) is 0 Å². The first-order chi connectivity index (χ1) is 15.2. The van der Waals surface area contributed by atoms with Gasteiger partial charge in [0.25, 0.3) is 5.91 Å². The number of rotatable bonds is 6. The van der Waals surface area contributed by atoms with Crippen molar-refractivity contribution in [2.45, 2.75) is 25.5 Å². The Hall–Kier alpha value is -3.16. The highest BCUT2D eigenvalue weighted by atomic mass is 32.1. The third kappa shape index (κ3) is 3.40. The molecule has 2 saturated heterocycles. The van der Waals surface area contributed by atoms with E-state index in [9.17, 15) is 9.59 Å². The van der Waals surface area contributed by atoms with Crippen molar-refractivity contribution in [1.82, 2.24) is 0 Å². The molecule has 3 aromatic rings. The summed E-state index contributed by atoms with van der Waals surface area (Å²) < 4.78 is 5.61. The number of hydrogen-bond donors (Lipinski definition) is 0. The number of carbonyl (C=O) groups is 2. The van der Waals surface area contributed by atoms with Crippen LogP contribution in [0.15, 0.2) is 72.1 Å². The van der Waals surface area contributed by atoms with Crippen LogP contribution in [0.4, 0.5) is 11.4 Å². The number of fused-ring (bicyclic) bond motifs is 1. The van der Waals surface area contributed by atoms with Crippen molar-refractivity contribution in [3.8, 4) is 5.75 Å². The number of carbonyl (C=O) groups excluding carboxylic acids is 2. The molecule has 31 heavy (non-hydrogen) atoms. The maximum atomic E-state index is 13.5. The Labute approximate surface area is 184 Å². The lowest BCUT2D eigenvalue weighted by atomic mass is 9.95. The summed E-state index contributed by atoms with van der Waals surface area (Å²) in [5.74, 6) is -0.471. The number of benzene rings is 2. The summed E-state index contributed by atoms with van der Waals surface area (Å²) in [5, 5.41) is 3.69. The minimum absolute atomic E-state index is 0.242. The largest absolute Gasteiger partial charge is 0.494 e. The number of amides is 2. The molecule has 3 heterocycles. The molecule has 2 aromatic carbocycles. The smallest absolute Gasteiger partial charge is 0.266 e. The number of hydrogen-bond acceptors (Lipinski definition) is 6. The van der Waals surface area contributed by atoms with Crippen LogP contribution >= 0.6 is 11.3 Å². The van der Waals surface area contributed by atoms with Gasteiger partial charge in [-0.05, 0) is 54.3 Å². The Morgan fingerprint density at radius 2 is 1.71 bits per heavy atom. The molecule has 6 nitrogen and oxygen atoms in total. The van der Waals surface area contributed by atoms with E-state index in [1.54, 1.807) is 40.7 Å². The van der Waals surface area contributed by atoms with Crippen molar-refractivity contribution >= 4 is 34.5 Å². The summed E-state index contributed by atoms with van der Waals surface area (Å²) in [6, 6.07) is 20.2. The van der Waals surface area contributed by atoms with E-state index in [4.69, 9.17) is 9.57 Å². The molecular formula is C24H22N2O4S. The topological polar surface area (TPSA) is 59.1 Å². The predicted molar refractivity (Wildman–Crippen MR) is 119 cm³/mol. The quantitative estimate of drug-likeness (QED) is 0.531. The molecule has 0 N–H and O–H groups in total. The van der Waals surface area contributed by atoms with Crippen LogP contribution in [0.2, 0.25) is 0 Å². The Bertz CT molecular complexity index is 1070. The summed E-state index contributed by atoms with van der Waals surface area (Å²) >= 11 is 1.56. The molecule has 5 rings (SSSR count). The van der Waals surface area contributed by atoms with E-state index in [1.165, 1.54) is 4.90 Å². The van der Waals surface area contributed by atoms with Gasteiger partial charge in [-0.25, -0.2) is 9.96 Å². The molecule has 3 atom stereocenters. The van der Waals surface area contributed by atoms with Gasteiger partial charge in [-0.1, -0.05) is 31.2 Å². The SMILES string of the molecule is CCCOc1ccc(N2C(=O)[C@@H]3[C@H](ON(c4ccccc4)[C@H]3c3cccs3)C2=O)cc1. The fraction of sp³-hybridized carbons (Fsp3) is 0.250. The number of anilines is 2. The number of para-hydroxylation sites is 1. The minimum atomic E-state index is -0.851. The highest BCUT2D eigenvalue weighted by Crippen LogP contribution is 2.48. The highest BCUT2D eigenvalue weighted by Gasteiger charge is 2.60. The third-order valence-electron chi connectivity index (χ3n) is 5.53. The molecule has 1 aromatic heterocycles. The van der Waals surface area contributed by atoms with Crippen LogP contribution in [0.5, 0.6) is 5.75 Å². The maximum Gasteiger partial charge on any atom is 0.266 e. The van der Waals surface area contributed by atoms with Gasteiger partial charge < -0.3 is 4.74 Å². The molecule has 2 aliphatic rings. The van der Waals surface area contributed by atoms with E-state index in [0.29, 0.717) is 18.0 Å². The Balaban J connectivity index is 1.47. The highest BCUT2D eigenvalue weighted by molar-refractivity contribution is 7.10. The van der Waals surface area contributed by atoms with Crippen LogP contribution in [-0.4, -0.2) is 24.5 Å². The lowest BCUT2D eigenvalue weighted by molar-refractivity contribution is -0.126. The Kier molecular flexibility index (Phi) is 5.21. The zero-order valence-corrected chi connectivity index (χ0v) is 17.8. The van der Waals surface area contributed by atoms with Gasteiger partial charge >= 0.3 is 0 Å². The van der Waals surface area contributed by atoms with Gasteiger partial charge in [0.1, 0.15) is 17.7 Å². The summed E-state index contributed by atoms with van der Waals surface area (Å²) in [6.07, 6.45) is 0.0592. The molecule has 0 radical (unpaired) electrons. The lowest BCUT2D eigenvalue weighted by Gasteiger charge is -2.27. The normalized spacial score (nSPS) is 22.8. The lowest BCUT2D eigenvalue weighted by Crippen LogP contribution is -2.37. The van der Waals surface area contributed by atoms with Gasteiger partial charge in [0.15, 0.2) is 6.10 Å². The molecule has 7 heteroatoms. The van der Waals surface area contributed by atoms with Crippen molar-refractivity contribution in [3.63, 3.8) is 0 Å². The first kappa shape index (κ1) is 19.8. The monoisotopic (exact) mass is 434 g/mol. The number of ether oxygens (including phenoxy) is 1. The average Bonchev–Trinajstić information content (AvgIpc) is 3.51. The van der Waals surface area contributed by atoms with Crippen LogP contribution in [0.25, 0.3) is 0 Å². The van der Waals surface area contributed by atoms with Gasteiger partial charge in [-0.2, -0.15) is 0 Å². The molecule has 2 fully saturated rings. The van der Waals surface area contributed by atoms with Crippen LogP contribution in [0.1, 0.15) is 24.3 Å². The number of nitrogens with zero attached hydrogens (tertiary/aromatic N) is 2. The van der Waals surface area contributed by atoms with Crippen molar-refractivity contribution < 1.29 is 19.2 Å². The summed E-state index contributed by atoms with van der Waals surface area (Å²) in [7, 11) is 0. The van der Waals surface area contributed by atoms with Crippen molar-refractivity contribution in [1.29, 1.82) is 0 Å². The predicted octanol–water partition coefficient (Wildman–Crippen LogP) is 4.59. The van der Waals surface area contributed by atoms with E-state index in [0.717, 1.165) is 17.0 Å². The summed E-state index contributed by atoms with van der Waals surface area (Å²) in [6.45, 7) is 2.66. The molecule has 2 amide bonds. The number of thiophene rings is 1. The fourth-order valence-electron chi connectivity index (χ4n) is 4.13. The summed E-state index contributed by atoms with van der Waals surface area (Å²) in [4.78, 5) is 35.1. The van der Waals surface area contributed by atoms with Gasteiger partial charge in [0.05, 0.1) is 18.0 Å². The summed E-state index contributed by atoms with van der Waals surface area (Å²) in [5.41, 5.74) is 1.35. The van der Waals surface area contributed by atoms with Crippen LogP contribution in [0, 0.1) is 5.92 Å². The van der Waals surface area contributed by atoms with Crippen LogP contribution < -0.4 is 14.7 Å². The molecule has 0 saturated carbocycles. The van der Waals surface area contributed by atoms with Crippen molar-refractivity contribution in [2.24, 2.45) is 5.92 Å². The van der Waals surface area contributed by atoms with Crippen LogP contribution in [0.3, 0.4) is 0 Å². The second kappa shape index (κ2) is 8.17. The minimum Gasteiger partial charge on any atom is -0.494 e. The van der Waals surface area contributed by atoms with Gasteiger partial charge in [0.2, 0.25) is 5.91 Å².